The number of nitro groups is 1. The maximum atomic E-state index is 12.4. The maximum absolute atomic E-state index is 12.4. The minimum Gasteiger partial charge on any atom is -0.480 e. The highest BCUT2D eigenvalue weighted by Crippen LogP contribution is 2.19. The first kappa shape index (κ1) is 18.5. The number of carbonyl (C=O) groups is 2. The summed E-state index contributed by atoms with van der Waals surface area (Å²) in [5, 5.41) is 30.2. The topological polar surface area (TPSA) is 149 Å². The van der Waals surface area contributed by atoms with E-state index in [2.05, 4.69) is 15.6 Å². The number of carboxylic acids is 1. The van der Waals surface area contributed by atoms with E-state index in [1.54, 1.807) is 6.07 Å². The van der Waals surface area contributed by atoms with Crippen molar-refractivity contribution in [1.29, 1.82) is 0 Å². The summed E-state index contributed by atoms with van der Waals surface area (Å²) in [5.74, 6) is -2.17. The van der Waals surface area contributed by atoms with E-state index in [4.69, 9.17) is 4.74 Å². The molecule has 1 fully saturated rings. The fourth-order valence-corrected chi connectivity index (χ4v) is 2.87. The number of carboxylic acid groups (broad SMARTS) is 1. The molecule has 2 aromatic rings. The van der Waals surface area contributed by atoms with Crippen LogP contribution in [0.5, 0.6) is 0 Å². The first-order valence-electron chi connectivity index (χ1n) is 8.24. The van der Waals surface area contributed by atoms with Crippen LogP contribution in [0, 0.1) is 16.0 Å². The lowest BCUT2D eigenvalue weighted by molar-refractivity contribution is -0.384. The van der Waals surface area contributed by atoms with Gasteiger partial charge in [-0.3, -0.25) is 14.9 Å². The van der Waals surface area contributed by atoms with Gasteiger partial charge in [-0.25, -0.2) is 9.48 Å². The fraction of sp³-hybridized carbons (Fsp3) is 0.375. The van der Waals surface area contributed by atoms with Gasteiger partial charge < -0.3 is 15.2 Å². The zero-order valence-corrected chi connectivity index (χ0v) is 14.1. The summed E-state index contributed by atoms with van der Waals surface area (Å²) in [6, 6.07) is 4.58. The number of amides is 1. The Hall–Kier alpha value is -3.34. The number of non-ortho nitro benzene ring substituents is 1. The smallest absolute Gasteiger partial charge is 0.326 e. The fourth-order valence-electron chi connectivity index (χ4n) is 2.87. The molecule has 0 spiro atoms. The summed E-state index contributed by atoms with van der Waals surface area (Å²) in [6.45, 7) is 0.839. The molecule has 11 nitrogen and oxygen atoms in total. The van der Waals surface area contributed by atoms with E-state index >= 15 is 0 Å². The lowest BCUT2D eigenvalue weighted by Gasteiger charge is -2.27. The molecule has 1 aliphatic rings. The van der Waals surface area contributed by atoms with Crippen LogP contribution in [0.1, 0.15) is 23.3 Å². The number of aliphatic carboxylic acids is 1. The number of carbonyl (C=O) groups excluding carboxylic acids is 1. The molecule has 2 unspecified atom stereocenters. The Bertz CT molecular complexity index is 860. The molecular formula is C16H17N5O6. The maximum Gasteiger partial charge on any atom is 0.326 e. The number of nitrogens with zero attached hydrogens (tertiary/aromatic N) is 4. The molecule has 1 aromatic heterocycles. The SMILES string of the molecule is O=C(NC(C(=O)O)C1CCCOC1)c1cn(-c2cccc([N+](=O)[O-])c2)nn1. The van der Waals surface area contributed by atoms with Gasteiger partial charge in [0.25, 0.3) is 11.6 Å². The van der Waals surface area contributed by atoms with E-state index < -0.39 is 22.8 Å². The van der Waals surface area contributed by atoms with Gasteiger partial charge in [-0.05, 0) is 18.9 Å². The van der Waals surface area contributed by atoms with Gasteiger partial charge in [0, 0.05) is 24.7 Å². The quantitative estimate of drug-likeness (QED) is 0.556. The molecule has 11 heteroatoms. The largest absolute Gasteiger partial charge is 0.480 e. The molecule has 1 aromatic carbocycles. The Morgan fingerprint density at radius 3 is 2.93 bits per heavy atom. The monoisotopic (exact) mass is 375 g/mol. The van der Waals surface area contributed by atoms with Crippen LogP contribution in [-0.4, -0.2) is 56.2 Å². The molecular weight excluding hydrogens is 358 g/mol. The predicted octanol–water partition coefficient (Wildman–Crippen LogP) is 0.785. The van der Waals surface area contributed by atoms with E-state index in [-0.39, 0.29) is 23.9 Å². The first-order chi connectivity index (χ1) is 13.0. The van der Waals surface area contributed by atoms with Gasteiger partial charge in [0.2, 0.25) is 0 Å². The Kier molecular flexibility index (Phi) is 5.41. The molecule has 3 rings (SSSR count). The third kappa shape index (κ3) is 4.26. The molecule has 2 N–H and O–H groups in total. The number of ether oxygens (including phenoxy) is 1. The molecule has 1 amide bonds. The second kappa shape index (κ2) is 7.91. The number of hydrogen-bond acceptors (Lipinski definition) is 7. The van der Waals surface area contributed by atoms with Gasteiger partial charge >= 0.3 is 5.97 Å². The predicted molar refractivity (Wildman–Crippen MR) is 90.4 cm³/mol. The zero-order valence-electron chi connectivity index (χ0n) is 14.1. The van der Waals surface area contributed by atoms with Crippen molar-refractivity contribution in [1.82, 2.24) is 20.3 Å². The summed E-state index contributed by atoms with van der Waals surface area (Å²) in [5.41, 5.74) is 0.132. The zero-order chi connectivity index (χ0) is 19.4. The van der Waals surface area contributed by atoms with Gasteiger partial charge in [-0.15, -0.1) is 5.10 Å². The van der Waals surface area contributed by atoms with E-state index in [1.165, 1.54) is 29.1 Å². The molecule has 0 aliphatic carbocycles. The van der Waals surface area contributed by atoms with E-state index in [1.807, 2.05) is 0 Å². The minimum absolute atomic E-state index is 0.0931. The van der Waals surface area contributed by atoms with Crippen LogP contribution in [0.25, 0.3) is 5.69 Å². The molecule has 0 radical (unpaired) electrons. The normalized spacial score (nSPS) is 17.9. The summed E-state index contributed by atoms with van der Waals surface area (Å²) in [7, 11) is 0. The number of nitrogens with one attached hydrogen (secondary N) is 1. The summed E-state index contributed by atoms with van der Waals surface area (Å²) >= 11 is 0. The Morgan fingerprint density at radius 1 is 1.44 bits per heavy atom. The van der Waals surface area contributed by atoms with Crippen molar-refractivity contribution in [2.45, 2.75) is 18.9 Å². The van der Waals surface area contributed by atoms with Crippen molar-refractivity contribution in [2.75, 3.05) is 13.2 Å². The Labute approximate surface area is 153 Å². The molecule has 27 heavy (non-hydrogen) atoms. The van der Waals surface area contributed by atoms with Crippen LogP contribution in [-0.2, 0) is 9.53 Å². The van der Waals surface area contributed by atoms with Gasteiger partial charge in [0.15, 0.2) is 5.69 Å². The lowest BCUT2D eigenvalue weighted by atomic mass is 9.93. The number of hydrogen-bond donors (Lipinski definition) is 2. The van der Waals surface area contributed by atoms with Crippen molar-refractivity contribution in [2.24, 2.45) is 5.92 Å². The third-order valence-electron chi connectivity index (χ3n) is 4.25. The lowest BCUT2D eigenvalue weighted by Crippen LogP contribution is -2.48. The number of aromatic nitrogens is 3. The standard InChI is InChI=1S/C16H17N5O6/c22-15(17-14(16(23)24)10-3-2-6-27-9-10)13-8-20(19-18-13)11-4-1-5-12(7-11)21(25)26/h1,4-5,7-8,10,14H,2-3,6,9H2,(H,17,22)(H,23,24). The average Bonchev–Trinajstić information content (AvgIpc) is 3.17. The molecule has 0 saturated carbocycles. The highest BCUT2D eigenvalue weighted by atomic mass is 16.6. The molecule has 0 bridgehead atoms. The van der Waals surface area contributed by atoms with Gasteiger partial charge in [-0.1, -0.05) is 11.3 Å². The van der Waals surface area contributed by atoms with Gasteiger partial charge in [0.1, 0.15) is 6.04 Å². The Morgan fingerprint density at radius 2 is 2.26 bits per heavy atom. The van der Waals surface area contributed by atoms with E-state index in [0.717, 1.165) is 6.42 Å². The number of benzene rings is 1. The first-order valence-corrected chi connectivity index (χ1v) is 8.24. The third-order valence-corrected chi connectivity index (χ3v) is 4.25. The van der Waals surface area contributed by atoms with Gasteiger partial charge in [0.05, 0.1) is 23.4 Å². The van der Waals surface area contributed by atoms with Crippen molar-refractivity contribution < 1.29 is 24.4 Å². The molecule has 1 aliphatic heterocycles. The van der Waals surface area contributed by atoms with Crippen LogP contribution in [0.15, 0.2) is 30.5 Å². The highest BCUT2D eigenvalue weighted by Gasteiger charge is 2.32. The van der Waals surface area contributed by atoms with Crippen LogP contribution in [0.2, 0.25) is 0 Å². The molecule has 142 valence electrons. The number of nitro benzene ring substituents is 1. The minimum atomic E-state index is -1.15. The van der Waals surface area contributed by atoms with Crippen LogP contribution in [0.3, 0.4) is 0 Å². The summed E-state index contributed by atoms with van der Waals surface area (Å²) in [4.78, 5) is 34.2. The molecule has 1 saturated heterocycles. The second-order valence-electron chi connectivity index (χ2n) is 6.09. The second-order valence-corrected chi connectivity index (χ2v) is 6.09. The summed E-state index contributed by atoms with van der Waals surface area (Å²) in [6.07, 6.45) is 2.65. The summed E-state index contributed by atoms with van der Waals surface area (Å²) < 4.78 is 6.50. The van der Waals surface area contributed by atoms with Crippen molar-refractivity contribution in [3.63, 3.8) is 0 Å². The van der Waals surface area contributed by atoms with Crippen LogP contribution < -0.4 is 5.32 Å². The highest BCUT2D eigenvalue weighted by molar-refractivity contribution is 5.94. The van der Waals surface area contributed by atoms with Crippen molar-refractivity contribution in [3.05, 3.63) is 46.3 Å². The van der Waals surface area contributed by atoms with Crippen molar-refractivity contribution in [3.8, 4) is 5.69 Å². The Balaban J connectivity index is 1.75. The molecule has 2 atom stereocenters. The van der Waals surface area contributed by atoms with E-state index in [0.29, 0.717) is 18.7 Å². The number of rotatable bonds is 6. The van der Waals surface area contributed by atoms with Crippen molar-refractivity contribution >= 4 is 17.6 Å². The van der Waals surface area contributed by atoms with Gasteiger partial charge in [-0.2, -0.15) is 0 Å². The van der Waals surface area contributed by atoms with Crippen LogP contribution >= 0.6 is 0 Å². The van der Waals surface area contributed by atoms with E-state index in [9.17, 15) is 24.8 Å². The van der Waals surface area contributed by atoms with Crippen LogP contribution in [0.4, 0.5) is 5.69 Å². The molecule has 2 heterocycles. The average molecular weight is 375 g/mol.